The van der Waals surface area contributed by atoms with Crippen LogP contribution in [0.1, 0.15) is 29.9 Å². The minimum Gasteiger partial charge on any atom is -0.487 e. The monoisotopic (exact) mass is 297 g/mol. The van der Waals surface area contributed by atoms with Gasteiger partial charge >= 0.3 is 0 Å². The van der Waals surface area contributed by atoms with Gasteiger partial charge in [-0.05, 0) is 19.9 Å². The minimum atomic E-state index is -0.364. The van der Waals surface area contributed by atoms with Crippen molar-refractivity contribution in [2.75, 3.05) is 0 Å². The number of benzene rings is 1. The van der Waals surface area contributed by atoms with Crippen LogP contribution in [0, 0.1) is 12.7 Å². The Kier molecular flexibility index (Phi) is 4.30. The number of rotatable bonds is 4. The van der Waals surface area contributed by atoms with Gasteiger partial charge in [0.2, 0.25) is 0 Å². The summed E-state index contributed by atoms with van der Waals surface area (Å²) in [6.45, 7) is 3.85. The molecular weight excluding hydrogens is 281 g/mol. The Morgan fingerprint density at radius 1 is 1.50 bits per heavy atom. The van der Waals surface area contributed by atoms with Crippen LogP contribution in [0.4, 0.5) is 4.39 Å². The van der Waals surface area contributed by atoms with Gasteiger partial charge in [0, 0.05) is 24.7 Å². The Morgan fingerprint density at radius 3 is 2.75 bits per heavy atom. The number of hydrogen-bond acceptors (Lipinski definition) is 3. The first-order valence-electron chi connectivity index (χ1n) is 6.26. The molecule has 4 nitrogen and oxygen atoms in total. The third-order valence-corrected chi connectivity index (χ3v) is 3.58. The van der Waals surface area contributed by atoms with Gasteiger partial charge in [0.05, 0.1) is 16.4 Å². The maximum atomic E-state index is 13.3. The van der Waals surface area contributed by atoms with E-state index in [1.165, 1.54) is 12.1 Å². The fraction of sp³-hybridized carbons (Fsp3) is 0.357. The Bertz CT molecular complexity index is 625. The molecule has 0 aliphatic heterocycles. The summed E-state index contributed by atoms with van der Waals surface area (Å²) in [7, 11) is 1.79. The van der Waals surface area contributed by atoms with Crippen LogP contribution in [0.2, 0.25) is 5.02 Å². The molecule has 0 saturated carbocycles. The lowest BCUT2D eigenvalue weighted by atomic mass is 10.1. The Labute approximate surface area is 122 Å². The van der Waals surface area contributed by atoms with Crippen molar-refractivity contribution in [2.45, 2.75) is 26.5 Å². The minimum absolute atomic E-state index is 0.208. The van der Waals surface area contributed by atoms with Gasteiger partial charge in [-0.2, -0.15) is 5.10 Å². The fourth-order valence-corrected chi connectivity index (χ4v) is 2.21. The summed E-state index contributed by atoms with van der Waals surface area (Å²) < 4.78 is 20.7. The smallest absolute Gasteiger partial charge is 0.131 e. The van der Waals surface area contributed by atoms with Crippen LogP contribution >= 0.6 is 11.6 Å². The highest BCUT2D eigenvalue weighted by Gasteiger charge is 2.14. The summed E-state index contributed by atoms with van der Waals surface area (Å²) in [4.78, 5) is 0. The van der Waals surface area contributed by atoms with Crippen molar-refractivity contribution >= 4 is 11.6 Å². The van der Waals surface area contributed by atoms with E-state index in [4.69, 9.17) is 22.1 Å². The summed E-state index contributed by atoms with van der Waals surface area (Å²) in [5.74, 6) is 0.0617. The molecule has 0 radical (unpaired) electrons. The molecule has 0 bridgehead atoms. The number of hydrogen-bond donors (Lipinski definition) is 1. The van der Waals surface area contributed by atoms with E-state index >= 15 is 0 Å². The molecule has 108 valence electrons. The third kappa shape index (κ3) is 2.94. The summed E-state index contributed by atoms with van der Waals surface area (Å²) in [5.41, 5.74) is 8.08. The van der Waals surface area contributed by atoms with Crippen molar-refractivity contribution in [1.82, 2.24) is 9.78 Å². The van der Waals surface area contributed by atoms with E-state index in [1.807, 2.05) is 13.8 Å². The number of aromatic nitrogens is 2. The number of nitrogens with zero attached hydrogens (tertiary/aromatic N) is 2. The highest BCUT2D eigenvalue weighted by atomic mass is 35.5. The van der Waals surface area contributed by atoms with Crippen molar-refractivity contribution in [2.24, 2.45) is 12.8 Å². The third-order valence-electron chi connectivity index (χ3n) is 3.09. The molecule has 0 amide bonds. The SMILES string of the molecule is Cc1nn(C)c(COc2cc(F)ccc2C(C)N)c1Cl. The molecule has 0 aliphatic rings. The summed E-state index contributed by atoms with van der Waals surface area (Å²) in [5, 5.41) is 4.77. The summed E-state index contributed by atoms with van der Waals surface area (Å²) in [6, 6.07) is 4.09. The average molecular weight is 298 g/mol. The first-order valence-corrected chi connectivity index (χ1v) is 6.63. The average Bonchev–Trinajstić information content (AvgIpc) is 2.61. The molecule has 0 aliphatic carbocycles. The molecule has 0 fully saturated rings. The van der Waals surface area contributed by atoms with Crippen LogP contribution in [0.5, 0.6) is 5.75 Å². The molecule has 0 saturated heterocycles. The van der Waals surface area contributed by atoms with Gasteiger partial charge in [-0.3, -0.25) is 4.68 Å². The second-order valence-corrected chi connectivity index (χ2v) is 5.11. The first kappa shape index (κ1) is 14.8. The van der Waals surface area contributed by atoms with Gasteiger partial charge in [0.1, 0.15) is 18.2 Å². The van der Waals surface area contributed by atoms with Crippen molar-refractivity contribution in [3.63, 3.8) is 0 Å². The van der Waals surface area contributed by atoms with Crippen molar-refractivity contribution in [1.29, 1.82) is 0 Å². The van der Waals surface area contributed by atoms with E-state index in [-0.39, 0.29) is 18.5 Å². The quantitative estimate of drug-likeness (QED) is 0.943. The molecule has 6 heteroatoms. The summed E-state index contributed by atoms with van der Waals surface area (Å²) >= 11 is 6.15. The second-order valence-electron chi connectivity index (χ2n) is 4.73. The van der Waals surface area contributed by atoms with Gasteiger partial charge in [-0.1, -0.05) is 17.7 Å². The van der Waals surface area contributed by atoms with Crippen molar-refractivity contribution in [3.8, 4) is 5.75 Å². The Morgan fingerprint density at radius 2 is 2.20 bits per heavy atom. The highest BCUT2D eigenvalue weighted by Crippen LogP contribution is 2.27. The van der Waals surface area contributed by atoms with E-state index in [2.05, 4.69) is 5.10 Å². The fourth-order valence-electron chi connectivity index (χ4n) is 1.99. The zero-order valence-corrected chi connectivity index (χ0v) is 12.4. The molecule has 2 N–H and O–H groups in total. The van der Waals surface area contributed by atoms with Crippen LogP contribution in [-0.2, 0) is 13.7 Å². The van der Waals surface area contributed by atoms with Gasteiger partial charge in [0.15, 0.2) is 0 Å². The Hall–Kier alpha value is -1.59. The Balaban J connectivity index is 2.24. The highest BCUT2D eigenvalue weighted by molar-refractivity contribution is 6.31. The zero-order chi connectivity index (χ0) is 14.9. The molecule has 2 rings (SSSR count). The van der Waals surface area contributed by atoms with Crippen molar-refractivity contribution < 1.29 is 9.13 Å². The predicted octanol–water partition coefficient (Wildman–Crippen LogP) is 3.12. The molecule has 1 unspecified atom stereocenters. The molecule has 1 heterocycles. The molecule has 1 aromatic carbocycles. The van der Waals surface area contributed by atoms with Gasteiger partial charge in [0.25, 0.3) is 0 Å². The number of halogens is 2. The summed E-state index contributed by atoms with van der Waals surface area (Å²) in [6.07, 6.45) is 0. The van der Waals surface area contributed by atoms with Gasteiger partial charge < -0.3 is 10.5 Å². The van der Waals surface area contributed by atoms with E-state index in [0.717, 1.165) is 17.0 Å². The predicted molar refractivity (Wildman–Crippen MR) is 76.3 cm³/mol. The second kappa shape index (κ2) is 5.81. The zero-order valence-electron chi connectivity index (χ0n) is 11.7. The maximum Gasteiger partial charge on any atom is 0.131 e. The molecule has 0 spiro atoms. The largest absolute Gasteiger partial charge is 0.487 e. The van der Waals surface area contributed by atoms with Crippen LogP contribution in [0.15, 0.2) is 18.2 Å². The van der Waals surface area contributed by atoms with Crippen LogP contribution in [0.25, 0.3) is 0 Å². The standard InChI is InChI=1S/C14H17ClFN3O/c1-8(17)11-5-4-10(16)6-13(11)20-7-12-14(15)9(2)18-19(12)3/h4-6,8H,7,17H2,1-3H3. The normalized spacial score (nSPS) is 12.5. The molecule has 2 aromatic rings. The van der Waals surface area contributed by atoms with E-state index < -0.39 is 0 Å². The molecule has 20 heavy (non-hydrogen) atoms. The first-order chi connectivity index (χ1) is 9.40. The number of nitrogens with two attached hydrogens (primary N) is 1. The lowest BCUT2D eigenvalue weighted by Crippen LogP contribution is -2.10. The molecule has 1 atom stereocenters. The number of aryl methyl sites for hydroxylation is 2. The van der Waals surface area contributed by atoms with E-state index in [0.29, 0.717) is 10.8 Å². The van der Waals surface area contributed by atoms with E-state index in [9.17, 15) is 4.39 Å². The number of ether oxygens (including phenoxy) is 1. The van der Waals surface area contributed by atoms with Crippen LogP contribution in [-0.4, -0.2) is 9.78 Å². The van der Waals surface area contributed by atoms with Crippen molar-refractivity contribution in [3.05, 3.63) is 46.0 Å². The molecule has 1 aromatic heterocycles. The maximum absolute atomic E-state index is 13.3. The van der Waals surface area contributed by atoms with Crippen LogP contribution < -0.4 is 10.5 Å². The van der Waals surface area contributed by atoms with E-state index in [1.54, 1.807) is 17.8 Å². The van der Waals surface area contributed by atoms with Gasteiger partial charge in [-0.15, -0.1) is 0 Å². The van der Waals surface area contributed by atoms with Gasteiger partial charge in [-0.25, -0.2) is 4.39 Å². The lowest BCUT2D eigenvalue weighted by molar-refractivity contribution is 0.289. The van der Waals surface area contributed by atoms with Crippen LogP contribution in [0.3, 0.4) is 0 Å². The molecular formula is C14H17ClFN3O. The topological polar surface area (TPSA) is 53.1 Å². The lowest BCUT2D eigenvalue weighted by Gasteiger charge is -2.14.